The van der Waals surface area contributed by atoms with Crippen LogP contribution in [-0.4, -0.2) is 0 Å². The fourth-order valence-corrected chi connectivity index (χ4v) is 3.97. The second-order valence-corrected chi connectivity index (χ2v) is 6.81. The minimum atomic E-state index is 0. The van der Waals surface area contributed by atoms with Crippen molar-refractivity contribution < 1.29 is 25.8 Å². The van der Waals surface area contributed by atoms with Crippen LogP contribution in [0.15, 0.2) is 83.5 Å². The molecule has 2 aromatic carbocycles. The first-order valence-electron chi connectivity index (χ1n) is 8.68. The molecule has 0 N–H and O–H groups in total. The summed E-state index contributed by atoms with van der Waals surface area (Å²) in [6.45, 7) is 0. The van der Waals surface area contributed by atoms with E-state index in [4.69, 9.17) is 0 Å². The van der Waals surface area contributed by atoms with Gasteiger partial charge in [0.15, 0.2) is 0 Å². The van der Waals surface area contributed by atoms with Gasteiger partial charge in [0, 0.05) is 25.8 Å². The van der Waals surface area contributed by atoms with Crippen molar-refractivity contribution in [2.75, 3.05) is 0 Å². The molecule has 0 amide bonds. The molecule has 0 unspecified atom stereocenters. The first kappa shape index (κ1) is 22.0. The van der Waals surface area contributed by atoms with Gasteiger partial charge in [0.05, 0.1) is 0 Å². The van der Waals surface area contributed by atoms with E-state index in [1.807, 2.05) is 0 Å². The van der Waals surface area contributed by atoms with E-state index in [2.05, 4.69) is 78.9 Å². The maximum absolute atomic E-state index is 2.40. The van der Waals surface area contributed by atoms with Gasteiger partial charge in [-0.25, -0.2) is 0 Å². The maximum Gasteiger partial charge on any atom is 0 e. The molecule has 0 spiro atoms. The largest absolute Gasteiger partial charge is 0.167 e. The van der Waals surface area contributed by atoms with E-state index in [0.717, 1.165) is 19.3 Å². The maximum atomic E-state index is 2.40. The summed E-state index contributed by atoms with van der Waals surface area (Å²) in [4.78, 5) is 0. The van der Waals surface area contributed by atoms with Crippen LogP contribution in [-0.2, 0) is 38.7 Å². The molecule has 0 bridgehead atoms. The summed E-state index contributed by atoms with van der Waals surface area (Å²) in [6, 6.07) is 17.4. The predicted molar refractivity (Wildman–Crippen MR) is 116 cm³/mol. The standard InChI is InChI=1S/C24H19.2ClH.Hf/c1-2-6-20-14-23(13-19(20)5-1)17-9-11-18(12-10-17)24-15-21-7-3-4-8-22(21)16-24;;;/h1-11,13,15H,12,14,16H2;2*1H;/q-1;;;. The number of benzene rings is 2. The molecule has 3 aliphatic rings. The van der Waals surface area contributed by atoms with Crippen molar-refractivity contribution in [3.05, 3.63) is 112 Å². The second-order valence-electron chi connectivity index (χ2n) is 6.81. The third kappa shape index (κ3) is 4.26. The first-order chi connectivity index (χ1) is 11.9. The average molecular weight is 559 g/mol. The van der Waals surface area contributed by atoms with Gasteiger partial charge >= 0.3 is 0 Å². The van der Waals surface area contributed by atoms with Gasteiger partial charge in [0.2, 0.25) is 0 Å². The fraction of sp³-hybridized carbons (Fsp3) is 0.125. The van der Waals surface area contributed by atoms with Crippen molar-refractivity contribution in [1.82, 2.24) is 0 Å². The summed E-state index contributed by atoms with van der Waals surface area (Å²) in [5, 5.41) is 0. The third-order valence-corrected chi connectivity index (χ3v) is 5.32. The topological polar surface area (TPSA) is 0 Å². The number of hydrogen-bond acceptors (Lipinski definition) is 0. The molecule has 5 rings (SSSR count). The fourth-order valence-electron chi connectivity index (χ4n) is 3.97. The Hall–Kier alpha value is -1.28. The van der Waals surface area contributed by atoms with Crippen molar-refractivity contribution >= 4 is 37.0 Å². The van der Waals surface area contributed by atoms with E-state index in [1.165, 1.54) is 44.9 Å². The molecule has 0 fully saturated rings. The number of hydrogen-bond donors (Lipinski definition) is 0. The molecule has 0 saturated heterocycles. The van der Waals surface area contributed by atoms with Gasteiger partial charge in [0.1, 0.15) is 0 Å². The van der Waals surface area contributed by atoms with Crippen LogP contribution in [0.25, 0.3) is 12.2 Å². The minimum absolute atomic E-state index is 0. The van der Waals surface area contributed by atoms with Gasteiger partial charge in [0.25, 0.3) is 0 Å². The van der Waals surface area contributed by atoms with E-state index in [9.17, 15) is 0 Å². The molecule has 2 aromatic rings. The normalized spacial score (nSPS) is 16.0. The Balaban J connectivity index is 0.000000871. The molecule has 3 heteroatoms. The van der Waals surface area contributed by atoms with E-state index in [0.29, 0.717) is 0 Å². The average Bonchev–Trinajstić information content (AvgIpc) is 3.25. The van der Waals surface area contributed by atoms with Crippen molar-refractivity contribution in [2.24, 2.45) is 0 Å². The van der Waals surface area contributed by atoms with Crippen molar-refractivity contribution in [2.45, 2.75) is 19.3 Å². The van der Waals surface area contributed by atoms with Crippen LogP contribution >= 0.6 is 24.8 Å². The Kier molecular flexibility index (Phi) is 7.56. The molecule has 0 aromatic heterocycles. The Bertz CT molecular complexity index is 950. The molecule has 0 nitrogen and oxygen atoms in total. The molecule has 136 valence electrons. The number of fused-ring (bicyclic) bond motifs is 2. The molecule has 3 aliphatic carbocycles. The monoisotopic (exact) mass is 559 g/mol. The van der Waals surface area contributed by atoms with Crippen LogP contribution in [0.1, 0.15) is 28.7 Å². The molecule has 0 atom stereocenters. The summed E-state index contributed by atoms with van der Waals surface area (Å²) in [5.41, 5.74) is 10.00. The zero-order valence-corrected chi connectivity index (χ0v) is 20.2. The molecule has 27 heavy (non-hydrogen) atoms. The summed E-state index contributed by atoms with van der Waals surface area (Å²) >= 11 is 0. The van der Waals surface area contributed by atoms with E-state index >= 15 is 0 Å². The Morgan fingerprint density at radius 1 is 0.741 bits per heavy atom. The van der Waals surface area contributed by atoms with Crippen LogP contribution in [0.2, 0.25) is 0 Å². The van der Waals surface area contributed by atoms with Crippen molar-refractivity contribution in [1.29, 1.82) is 0 Å². The summed E-state index contributed by atoms with van der Waals surface area (Å²) in [6.07, 6.45) is 14.9. The SMILES string of the molecule is C1=C[C-](C2=Cc3ccccc3C2)CC=C1C1=Cc2ccccc2C1.Cl.Cl.[Hf]. The quantitative estimate of drug-likeness (QED) is 0.289. The third-order valence-electron chi connectivity index (χ3n) is 5.32. The van der Waals surface area contributed by atoms with Crippen molar-refractivity contribution in [3.63, 3.8) is 0 Å². The van der Waals surface area contributed by atoms with Crippen LogP contribution in [0.3, 0.4) is 0 Å². The zero-order chi connectivity index (χ0) is 15.9. The summed E-state index contributed by atoms with van der Waals surface area (Å²) < 4.78 is 0. The smallest absolute Gasteiger partial charge is 0 e. The zero-order valence-electron chi connectivity index (χ0n) is 14.9. The molecule has 0 heterocycles. The van der Waals surface area contributed by atoms with Gasteiger partial charge < -0.3 is 0 Å². The Morgan fingerprint density at radius 2 is 1.37 bits per heavy atom. The Labute approximate surface area is 192 Å². The number of halogens is 2. The van der Waals surface area contributed by atoms with E-state index < -0.39 is 0 Å². The van der Waals surface area contributed by atoms with Crippen LogP contribution < -0.4 is 0 Å². The van der Waals surface area contributed by atoms with Gasteiger partial charge in [-0.1, -0.05) is 83.8 Å². The molecule has 0 radical (unpaired) electrons. The molecular formula is C24H21Cl2Hf-. The predicted octanol–water partition coefficient (Wildman–Crippen LogP) is 6.57. The van der Waals surface area contributed by atoms with Crippen LogP contribution in [0.5, 0.6) is 0 Å². The number of rotatable bonds is 2. The Morgan fingerprint density at radius 3 is 1.96 bits per heavy atom. The van der Waals surface area contributed by atoms with Gasteiger partial charge in [-0.05, 0) is 29.5 Å². The number of allylic oxidation sites excluding steroid dienone is 6. The molecule has 0 saturated carbocycles. The van der Waals surface area contributed by atoms with Gasteiger partial charge in [-0.15, -0.1) is 42.4 Å². The summed E-state index contributed by atoms with van der Waals surface area (Å²) in [7, 11) is 0. The van der Waals surface area contributed by atoms with Crippen LogP contribution in [0, 0.1) is 5.92 Å². The summed E-state index contributed by atoms with van der Waals surface area (Å²) in [5.74, 6) is 1.46. The second kappa shape index (κ2) is 9.28. The van der Waals surface area contributed by atoms with Gasteiger partial charge in [-0.2, -0.15) is 12.2 Å². The van der Waals surface area contributed by atoms with Crippen molar-refractivity contribution in [3.8, 4) is 0 Å². The van der Waals surface area contributed by atoms with E-state index in [1.54, 1.807) is 0 Å². The molecule has 0 aliphatic heterocycles. The van der Waals surface area contributed by atoms with E-state index in [-0.39, 0.29) is 50.7 Å². The first-order valence-corrected chi connectivity index (χ1v) is 8.68. The van der Waals surface area contributed by atoms with Crippen LogP contribution in [0.4, 0.5) is 0 Å². The molecular weight excluding hydrogens is 538 g/mol. The van der Waals surface area contributed by atoms with Gasteiger partial charge in [-0.3, -0.25) is 0 Å². The minimum Gasteiger partial charge on any atom is -0.167 e.